The molecule has 0 aliphatic rings. The van der Waals surface area contributed by atoms with Crippen molar-refractivity contribution in [1.82, 2.24) is 0 Å². The zero-order chi connectivity index (χ0) is 25.6. The van der Waals surface area contributed by atoms with E-state index in [9.17, 15) is 21.6 Å². The van der Waals surface area contributed by atoms with E-state index < -0.39 is 22.1 Å². The van der Waals surface area contributed by atoms with Gasteiger partial charge in [0.15, 0.2) is 11.5 Å². The second-order valence-corrected chi connectivity index (χ2v) is 8.73. The predicted octanol–water partition coefficient (Wildman–Crippen LogP) is 5.58. The van der Waals surface area contributed by atoms with E-state index in [1.54, 1.807) is 42.5 Å². The van der Waals surface area contributed by atoms with Crippen LogP contribution in [-0.2, 0) is 10.0 Å². The van der Waals surface area contributed by atoms with Gasteiger partial charge < -0.3 is 18.9 Å². The summed E-state index contributed by atoms with van der Waals surface area (Å²) in [5, 5.41) is 0. The molecular formula is C24H22F3NO6S. The second kappa shape index (κ2) is 10.6. The SMILES string of the molecule is COc1cc(C=Cc2cccc(NS(=O)(=O)c3cccc(OC(F)(F)F)c3)c2)cc(OC)c1OC. The lowest BCUT2D eigenvalue weighted by molar-refractivity contribution is -0.274. The lowest BCUT2D eigenvalue weighted by Crippen LogP contribution is -2.18. The summed E-state index contributed by atoms with van der Waals surface area (Å²) in [7, 11) is 0.343. The fourth-order valence-electron chi connectivity index (χ4n) is 3.15. The number of ether oxygens (including phenoxy) is 4. The highest BCUT2D eigenvalue weighted by Crippen LogP contribution is 2.38. The van der Waals surface area contributed by atoms with Gasteiger partial charge in [-0.25, -0.2) is 8.42 Å². The van der Waals surface area contributed by atoms with E-state index in [1.165, 1.54) is 33.5 Å². The minimum absolute atomic E-state index is 0.221. The van der Waals surface area contributed by atoms with E-state index in [-0.39, 0.29) is 10.6 Å². The normalized spacial score (nSPS) is 11.8. The van der Waals surface area contributed by atoms with E-state index in [2.05, 4.69) is 9.46 Å². The Labute approximate surface area is 200 Å². The zero-order valence-electron chi connectivity index (χ0n) is 18.9. The van der Waals surface area contributed by atoms with Crippen LogP contribution in [0.25, 0.3) is 12.2 Å². The van der Waals surface area contributed by atoms with Crippen molar-refractivity contribution in [1.29, 1.82) is 0 Å². The molecule has 186 valence electrons. The number of hydrogen-bond acceptors (Lipinski definition) is 6. The van der Waals surface area contributed by atoms with Crippen molar-refractivity contribution in [2.24, 2.45) is 0 Å². The topological polar surface area (TPSA) is 83.1 Å². The van der Waals surface area contributed by atoms with Crippen LogP contribution in [0.15, 0.2) is 65.6 Å². The van der Waals surface area contributed by atoms with Crippen LogP contribution in [0, 0.1) is 0 Å². The Bertz CT molecular complexity index is 1300. The van der Waals surface area contributed by atoms with Gasteiger partial charge >= 0.3 is 6.36 Å². The van der Waals surface area contributed by atoms with Crippen molar-refractivity contribution < 1.29 is 40.5 Å². The van der Waals surface area contributed by atoms with Crippen molar-refractivity contribution in [3.05, 3.63) is 71.8 Å². The standard InChI is InChI=1S/C24H22F3NO6S/c1-31-21-13-17(14-22(32-2)23(21)33-3)11-10-16-6-4-7-18(12-16)28-35(29,30)20-9-5-8-19(15-20)34-24(25,26)27/h4-15,28H,1-3H3. The molecular weight excluding hydrogens is 487 g/mol. The third kappa shape index (κ3) is 6.82. The summed E-state index contributed by atoms with van der Waals surface area (Å²) in [5.41, 5.74) is 1.62. The summed E-state index contributed by atoms with van der Waals surface area (Å²) >= 11 is 0. The predicted molar refractivity (Wildman–Crippen MR) is 125 cm³/mol. The zero-order valence-corrected chi connectivity index (χ0v) is 19.7. The van der Waals surface area contributed by atoms with Gasteiger partial charge in [0.1, 0.15) is 5.75 Å². The van der Waals surface area contributed by atoms with Gasteiger partial charge in [0.05, 0.1) is 26.2 Å². The van der Waals surface area contributed by atoms with Crippen LogP contribution in [-0.4, -0.2) is 36.1 Å². The Morgan fingerprint density at radius 1 is 0.800 bits per heavy atom. The third-order valence-electron chi connectivity index (χ3n) is 4.64. The number of anilines is 1. The van der Waals surface area contributed by atoms with E-state index in [1.807, 2.05) is 0 Å². The van der Waals surface area contributed by atoms with Crippen LogP contribution >= 0.6 is 0 Å². The Morgan fingerprint density at radius 2 is 1.43 bits per heavy atom. The Morgan fingerprint density at radius 3 is 2.03 bits per heavy atom. The van der Waals surface area contributed by atoms with Crippen molar-refractivity contribution in [2.45, 2.75) is 11.3 Å². The van der Waals surface area contributed by atoms with Crippen molar-refractivity contribution in [2.75, 3.05) is 26.1 Å². The molecule has 1 N–H and O–H groups in total. The molecule has 3 rings (SSSR count). The fourth-order valence-corrected chi connectivity index (χ4v) is 4.23. The Hall–Kier alpha value is -3.86. The van der Waals surface area contributed by atoms with Gasteiger partial charge in [-0.05, 0) is 47.5 Å². The van der Waals surface area contributed by atoms with Gasteiger partial charge in [-0.1, -0.05) is 30.4 Å². The van der Waals surface area contributed by atoms with E-state index in [0.717, 1.165) is 23.8 Å². The van der Waals surface area contributed by atoms with Crippen molar-refractivity contribution in [3.8, 4) is 23.0 Å². The molecule has 0 radical (unpaired) electrons. The summed E-state index contributed by atoms with van der Waals surface area (Å²) in [6, 6.07) is 14.1. The molecule has 3 aromatic rings. The summed E-state index contributed by atoms with van der Waals surface area (Å²) in [6.07, 6.45) is -1.42. The maximum absolute atomic E-state index is 12.7. The summed E-state index contributed by atoms with van der Waals surface area (Å²) < 4.78 is 84.9. The fraction of sp³-hybridized carbons (Fsp3) is 0.167. The van der Waals surface area contributed by atoms with Gasteiger partial charge in [0.25, 0.3) is 10.0 Å². The molecule has 11 heteroatoms. The van der Waals surface area contributed by atoms with Gasteiger partial charge in [-0.2, -0.15) is 0 Å². The van der Waals surface area contributed by atoms with Gasteiger partial charge in [0.2, 0.25) is 5.75 Å². The van der Waals surface area contributed by atoms with Crippen LogP contribution in [0.1, 0.15) is 11.1 Å². The largest absolute Gasteiger partial charge is 0.573 e. The summed E-state index contributed by atoms with van der Waals surface area (Å²) in [5.74, 6) is 0.769. The minimum Gasteiger partial charge on any atom is -0.493 e. The molecule has 0 aliphatic heterocycles. The Balaban J connectivity index is 1.82. The number of sulfonamides is 1. The quantitative estimate of drug-likeness (QED) is 0.379. The molecule has 0 aliphatic carbocycles. The molecule has 7 nitrogen and oxygen atoms in total. The average molecular weight is 510 g/mol. The smallest absolute Gasteiger partial charge is 0.493 e. The molecule has 35 heavy (non-hydrogen) atoms. The van der Waals surface area contributed by atoms with Gasteiger partial charge in [-0.3, -0.25) is 4.72 Å². The van der Waals surface area contributed by atoms with Crippen molar-refractivity contribution >= 4 is 27.9 Å². The molecule has 0 aromatic heterocycles. The third-order valence-corrected chi connectivity index (χ3v) is 6.02. The first-order chi connectivity index (χ1) is 16.5. The molecule has 0 bridgehead atoms. The molecule has 0 fully saturated rings. The lowest BCUT2D eigenvalue weighted by Gasteiger charge is -2.13. The number of halogens is 3. The van der Waals surface area contributed by atoms with E-state index in [0.29, 0.717) is 22.8 Å². The van der Waals surface area contributed by atoms with Crippen LogP contribution in [0.4, 0.5) is 18.9 Å². The molecule has 0 unspecified atom stereocenters. The van der Waals surface area contributed by atoms with Crippen molar-refractivity contribution in [3.63, 3.8) is 0 Å². The first-order valence-electron chi connectivity index (χ1n) is 10.0. The monoisotopic (exact) mass is 509 g/mol. The first-order valence-corrected chi connectivity index (χ1v) is 11.5. The van der Waals surface area contributed by atoms with Crippen LogP contribution in [0.3, 0.4) is 0 Å². The molecule has 3 aromatic carbocycles. The maximum atomic E-state index is 12.7. The number of alkyl halides is 3. The number of rotatable bonds is 9. The van der Waals surface area contributed by atoms with E-state index >= 15 is 0 Å². The molecule has 0 saturated heterocycles. The second-order valence-electron chi connectivity index (χ2n) is 7.05. The Kier molecular flexibility index (Phi) is 7.80. The van der Waals surface area contributed by atoms with Gasteiger partial charge in [-0.15, -0.1) is 13.2 Å². The van der Waals surface area contributed by atoms with Gasteiger partial charge in [0, 0.05) is 11.8 Å². The first kappa shape index (κ1) is 25.8. The van der Waals surface area contributed by atoms with Crippen LogP contribution < -0.4 is 23.7 Å². The number of methoxy groups -OCH3 is 3. The van der Waals surface area contributed by atoms with Crippen LogP contribution in [0.5, 0.6) is 23.0 Å². The van der Waals surface area contributed by atoms with E-state index in [4.69, 9.17) is 14.2 Å². The highest BCUT2D eigenvalue weighted by atomic mass is 32.2. The minimum atomic E-state index is -4.94. The number of benzene rings is 3. The summed E-state index contributed by atoms with van der Waals surface area (Å²) in [6.45, 7) is 0. The van der Waals surface area contributed by atoms with Crippen LogP contribution in [0.2, 0.25) is 0 Å². The highest BCUT2D eigenvalue weighted by Gasteiger charge is 2.31. The number of hydrogen-bond donors (Lipinski definition) is 1. The molecule has 0 amide bonds. The highest BCUT2D eigenvalue weighted by molar-refractivity contribution is 7.92. The molecule has 0 atom stereocenters. The average Bonchev–Trinajstić information content (AvgIpc) is 2.81. The summed E-state index contributed by atoms with van der Waals surface area (Å²) in [4.78, 5) is -0.377. The molecule has 0 spiro atoms. The maximum Gasteiger partial charge on any atom is 0.573 e. The molecule has 0 heterocycles. The lowest BCUT2D eigenvalue weighted by atomic mass is 10.1. The number of nitrogens with one attached hydrogen (secondary N) is 1. The molecule has 0 saturated carbocycles.